The van der Waals surface area contributed by atoms with Crippen LogP contribution >= 0.6 is 7.80 Å². The van der Waals surface area contributed by atoms with Gasteiger partial charge in [0, 0.05) is 43.1 Å². The number of aromatic nitrogens is 5. The number of carbonyl (C=O) groups excluding carboxylic acids is 1. The average molecular weight is 645 g/mol. The molecule has 5 rings (SSSR count). The molecule has 45 heavy (non-hydrogen) atoms. The summed E-state index contributed by atoms with van der Waals surface area (Å²) < 4.78 is 60.9. The lowest BCUT2D eigenvalue weighted by molar-refractivity contribution is -0.137. The first-order valence-electron chi connectivity index (χ1n) is 13.9. The predicted octanol–water partition coefficient (Wildman–Crippen LogP) is 5.07. The van der Waals surface area contributed by atoms with Gasteiger partial charge in [-0.2, -0.15) is 23.3 Å². The summed E-state index contributed by atoms with van der Waals surface area (Å²) in [6.45, 7) is 2.24. The first-order valence-corrected chi connectivity index (χ1v) is 16.1. The summed E-state index contributed by atoms with van der Waals surface area (Å²) in [6.07, 6.45) is 1.31. The minimum Gasteiger partial charge on any atom is -0.495 e. The van der Waals surface area contributed by atoms with Crippen molar-refractivity contribution in [2.75, 3.05) is 38.1 Å². The van der Waals surface area contributed by atoms with Crippen LogP contribution in [0.15, 0.2) is 48.9 Å². The molecule has 12 nitrogen and oxygen atoms in total. The quantitative estimate of drug-likeness (QED) is 0.154. The summed E-state index contributed by atoms with van der Waals surface area (Å²) in [7, 11) is 1.03. The first kappa shape index (κ1) is 31.9. The van der Waals surface area contributed by atoms with Crippen LogP contribution in [0.3, 0.4) is 0 Å². The Balaban J connectivity index is 1.46. The molecule has 3 aromatic heterocycles. The maximum Gasteiger partial charge on any atom is 0.421 e. The van der Waals surface area contributed by atoms with Crippen LogP contribution in [0.1, 0.15) is 34.5 Å². The molecule has 1 fully saturated rings. The number of anilines is 4. The van der Waals surface area contributed by atoms with Gasteiger partial charge in [-0.25, -0.2) is 9.97 Å². The lowest BCUT2D eigenvalue weighted by Crippen LogP contribution is -2.21. The van der Waals surface area contributed by atoms with Crippen LogP contribution in [0, 0.1) is 5.41 Å². The van der Waals surface area contributed by atoms with Gasteiger partial charge < -0.3 is 30.4 Å². The number of alkyl halides is 3. The molecular formula is C29H32F3N8O4P. The third-order valence-corrected chi connectivity index (χ3v) is 8.28. The number of nitrogens with zero attached hydrogens (tertiary/aromatic N) is 5. The summed E-state index contributed by atoms with van der Waals surface area (Å²) in [6, 6.07) is 8.04. The molecule has 1 unspecified atom stereocenters. The second kappa shape index (κ2) is 12.9. The second-order valence-electron chi connectivity index (χ2n) is 10.9. The van der Waals surface area contributed by atoms with Crippen molar-refractivity contribution in [1.29, 1.82) is 0 Å². The SMILES string of the molecule is CNC(=O)c1nc(-c2cnn(CC3(CO)CC3)c2)ccc1Nc1nc(Nc2ccc(C[PH](C)=O)cc2OC)ncc1C(F)(F)F. The van der Waals surface area contributed by atoms with Crippen LogP contribution in [0.2, 0.25) is 0 Å². The van der Waals surface area contributed by atoms with Gasteiger partial charge in [0.05, 0.1) is 44.8 Å². The zero-order chi connectivity index (χ0) is 32.4. The van der Waals surface area contributed by atoms with E-state index in [1.807, 2.05) is 0 Å². The Morgan fingerprint density at radius 1 is 1.13 bits per heavy atom. The highest BCUT2D eigenvalue weighted by atomic mass is 31.1. The third kappa shape index (κ3) is 7.43. The number of ether oxygens (including phenoxy) is 1. The molecule has 16 heteroatoms. The maximum atomic E-state index is 14.0. The molecule has 1 amide bonds. The smallest absolute Gasteiger partial charge is 0.421 e. The summed E-state index contributed by atoms with van der Waals surface area (Å²) in [4.78, 5) is 25.2. The molecule has 0 saturated heterocycles. The fraction of sp³-hybridized carbons (Fsp3) is 0.345. The Morgan fingerprint density at radius 2 is 1.89 bits per heavy atom. The van der Waals surface area contributed by atoms with Gasteiger partial charge in [0.1, 0.15) is 17.1 Å². The Bertz CT molecular complexity index is 1740. The van der Waals surface area contributed by atoms with E-state index in [0.717, 1.165) is 18.4 Å². The normalized spacial score (nSPS) is 14.5. The van der Waals surface area contributed by atoms with Gasteiger partial charge >= 0.3 is 6.18 Å². The van der Waals surface area contributed by atoms with E-state index in [1.54, 1.807) is 48.0 Å². The summed E-state index contributed by atoms with van der Waals surface area (Å²) in [5, 5.41) is 21.9. The van der Waals surface area contributed by atoms with Gasteiger partial charge in [0.25, 0.3) is 5.91 Å². The van der Waals surface area contributed by atoms with Crippen molar-refractivity contribution >= 4 is 36.8 Å². The van der Waals surface area contributed by atoms with E-state index >= 15 is 0 Å². The number of pyridine rings is 1. The van der Waals surface area contributed by atoms with Crippen molar-refractivity contribution in [2.45, 2.75) is 31.7 Å². The zero-order valence-corrected chi connectivity index (χ0v) is 25.7. The molecule has 0 bridgehead atoms. The average Bonchev–Trinajstić information content (AvgIpc) is 3.63. The number of hydrogen-bond donors (Lipinski definition) is 4. The number of methoxy groups -OCH3 is 1. The molecule has 0 radical (unpaired) electrons. The fourth-order valence-electron chi connectivity index (χ4n) is 4.71. The van der Waals surface area contributed by atoms with Gasteiger partial charge in [0.2, 0.25) is 5.95 Å². The molecule has 4 N–H and O–H groups in total. The molecule has 1 aromatic carbocycles. The van der Waals surface area contributed by atoms with Crippen molar-refractivity contribution in [3.05, 3.63) is 65.7 Å². The topological polar surface area (TPSA) is 156 Å². The minimum atomic E-state index is -4.82. The third-order valence-electron chi connectivity index (χ3n) is 7.37. The van der Waals surface area contributed by atoms with Crippen LogP contribution in [0.5, 0.6) is 5.75 Å². The van der Waals surface area contributed by atoms with E-state index in [4.69, 9.17) is 4.74 Å². The van der Waals surface area contributed by atoms with Crippen molar-refractivity contribution < 1.29 is 32.4 Å². The lowest BCUT2D eigenvalue weighted by Gasteiger charge is -2.17. The van der Waals surface area contributed by atoms with Crippen molar-refractivity contribution in [1.82, 2.24) is 30.0 Å². The van der Waals surface area contributed by atoms with Crippen LogP contribution < -0.4 is 20.7 Å². The van der Waals surface area contributed by atoms with Crippen LogP contribution in [-0.4, -0.2) is 63.2 Å². The molecule has 1 saturated carbocycles. The fourth-order valence-corrected chi connectivity index (χ4v) is 5.51. The number of aliphatic hydroxyl groups excluding tert-OH is 1. The Labute approximate surface area is 257 Å². The minimum absolute atomic E-state index is 0.0189. The number of benzene rings is 1. The molecule has 0 aliphatic heterocycles. The van der Waals surface area contributed by atoms with E-state index in [9.17, 15) is 27.6 Å². The predicted molar refractivity (Wildman–Crippen MR) is 163 cm³/mol. The van der Waals surface area contributed by atoms with Gasteiger partial charge in [-0.05, 0) is 49.3 Å². The molecule has 238 valence electrons. The monoisotopic (exact) mass is 644 g/mol. The molecular weight excluding hydrogens is 612 g/mol. The summed E-state index contributed by atoms with van der Waals surface area (Å²) in [5.74, 6) is -1.05. The molecule has 4 aromatic rings. The highest BCUT2D eigenvalue weighted by Crippen LogP contribution is 2.46. The van der Waals surface area contributed by atoms with Gasteiger partial charge in [-0.15, -0.1) is 0 Å². The van der Waals surface area contributed by atoms with E-state index in [2.05, 4.69) is 36.0 Å². The number of carbonyl (C=O) groups is 1. The van der Waals surface area contributed by atoms with Crippen LogP contribution in [0.25, 0.3) is 11.3 Å². The standard InChI is InChI=1S/C29H32F3N8O4P/c1-33-26(42)24-22(7-6-20(36-24)18-11-35-40(13-18)15-28(16-41)8-9-28)37-25-19(29(30,31)32)12-34-27(39-25)38-21-5-4-17(14-45(3)43)10-23(21)44-2/h4-7,10-13,41,45H,8-9,14-16H2,1-3H3,(H,33,42)(H2,34,37,38,39). The number of nitrogens with one attached hydrogen (secondary N) is 3. The van der Waals surface area contributed by atoms with E-state index in [0.29, 0.717) is 41.6 Å². The van der Waals surface area contributed by atoms with Crippen LogP contribution in [0.4, 0.5) is 36.3 Å². The van der Waals surface area contributed by atoms with Crippen molar-refractivity contribution in [2.24, 2.45) is 5.41 Å². The molecule has 1 atom stereocenters. The number of amides is 1. The maximum absolute atomic E-state index is 14.0. The Morgan fingerprint density at radius 3 is 2.53 bits per heavy atom. The van der Waals surface area contributed by atoms with Crippen LogP contribution in [-0.2, 0) is 23.4 Å². The molecule has 3 heterocycles. The zero-order valence-electron chi connectivity index (χ0n) is 24.7. The highest BCUT2D eigenvalue weighted by Gasteiger charge is 2.42. The molecule has 0 spiro atoms. The first-order chi connectivity index (χ1) is 21.4. The van der Waals surface area contributed by atoms with E-state index in [-0.39, 0.29) is 29.4 Å². The van der Waals surface area contributed by atoms with Gasteiger partial charge in [-0.3, -0.25) is 9.48 Å². The van der Waals surface area contributed by atoms with Crippen molar-refractivity contribution in [3.8, 4) is 17.0 Å². The number of aliphatic hydroxyl groups is 1. The molecule has 1 aliphatic rings. The number of hydrogen-bond acceptors (Lipinski definition) is 10. The Hall–Kier alpha value is -4.49. The van der Waals surface area contributed by atoms with Crippen molar-refractivity contribution in [3.63, 3.8) is 0 Å². The second-order valence-corrected chi connectivity index (χ2v) is 12.6. The summed E-state index contributed by atoms with van der Waals surface area (Å²) in [5.41, 5.74) is 0.620. The lowest BCUT2D eigenvalue weighted by atomic mass is 10.1. The largest absolute Gasteiger partial charge is 0.495 e. The highest BCUT2D eigenvalue weighted by molar-refractivity contribution is 7.42. The number of rotatable bonds is 12. The van der Waals surface area contributed by atoms with Gasteiger partial charge in [-0.1, -0.05) is 6.07 Å². The number of halogens is 3. The summed E-state index contributed by atoms with van der Waals surface area (Å²) >= 11 is 0. The van der Waals surface area contributed by atoms with E-state index in [1.165, 1.54) is 20.2 Å². The van der Waals surface area contributed by atoms with E-state index < -0.39 is 31.3 Å². The molecule has 1 aliphatic carbocycles. The Kier molecular flexibility index (Phi) is 9.12. The van der Waals surface area contributed by atoms with Gasteiger partial charge in [0.15, 0.2) is 5.69 Å².